The lowest BCUT2D eigenvalue weighted by Crippen LogP contribution is -2.48. The lowest BCUT2D eigenvalue weighted by Gasteiger charge is -2.31. The van der Waals surface area contributed by atoms with Crippen LogP contribution in [0.3, 0.4) is 0 Å². The average Bonchev–Trinajstić information content (AvgIpc) is 3.41. The van der Waals surface area contributed by atoms with Crippen LogP contribution >= 0.6 is 0 Å². The molecule has 0 aromatic heterocycles. The van der Waals surface area contributed by atoms with Crippen molar-refractivity contribution in [3.63, 3.8) is 0 Å². The molecule has 7 nitrogen and oxygen atoms in total. The summed E-state index contributed by atoms with van der Waals surface area (Å²) < 4.78 is 10.3. The zero-order chi connectivity index (χ0) is 17.8. The van der Waals surface area contributed by atoms with Crippen molar-refractivity contribution in [1.29, 1.82) is 0 Å². The maximum atomic E-state index is 12.8. The van der Waals surface area contributed by atoms with E-state index >= 15 is 0 Å². The van der Waals surface area contributed by atoms with Gasteiger partial charge in [-0.15, -0.1) is 0 Å². The number of hydrogen-bond acceptors (Lipinski definition) is 5. The third-order valence-electron chi connectivity index (χ3n) is 4.26. The molecule has 2 amide bonds. The van der Waals surface area contributed by atoms with Gasteiger partial charge in [-0.3, -0.25) is 19.3 Å². The molecule has 1 saturated carbocycles. The minimum atomic E-state index is -0.426. The van der Waals surface area contributed by atoms with Gasteiger partial charge in [0, 0.05) is 6.54 Å². The van der Waals surface area contributed by atoms with E-state index in [2.05, 4.69) is 0 Å². The van der Waals surface area contributed by atoms with E-state index < -0.39 is 5.97 Å². The van der Waals surface area contributed by atoms with Crippen LogP contribution < -0.4 is 9.64 Å². The fourth-order valence-corrected chi connectivity index (χ4v) is 2.79. The largest absolute Gasteiger partial charge is 0.482 e. The van der Waals surface area contributed by atoms with Gasteiger partial charge < -0.3 is 14.4 Å². The summed E-state index contributed by atoms with van der Waals surface area (Å²) in [5.74, 6) is 0.0601. The summed E-state index contributed by atoms with van der Waals surface area (Å²) in [4.78, 5) is 39.7. The number of benzene rings is 1. The van der Waals surface area contributed by atoms with Gasteiger partial charge in [0.1, 0.15) is 18.8 Å². The van der Waals surface area contributed by atoms with Gasteiger partial charge in [-0.2, -0.15) is 0 Å². The van der Waals surface area contributed by atoms with Gasteiger partial charge >= 0.3 is 5.97 Å². The highest BCUT2D eigenvalue weighted by Gasteiger charge is 2.32. The van der Waals surface area contributed by atoms with Crippen molar-refractivity contribution in [3.8, 4) is 5.75 Å². The molecule has 1 aromatic carbocycles. The molecule has 1 heterocycles. The van der Waals surface area contributed by atoms with Crippen LogP contribution in [0.15, 0.2) is 24.3 Å². The van der Waals surface area contributed by atoms with E-state index in [1.54, 1.807) is 25.1 Å². The molecule has 2 aliphatic rings. The number of carbonyl (C=O) groups excluding carboxylic acids is 3. The van der Waals surface area contributed by atoms with Gasteiger partial charge in [0.25, 0.3) is 5.91 Å². The first-order chi connectivity index (χ1) is 12.1. The second kappa shape index (κ2) is 7.55. The number of para-hydroxylation sites is 2. The Hall–Kier alpha value is -2.57. The van der Waals surface area contributed by atoms with Crippen molar-refractivity contribution in [3.05, 3.63) is 24.3 Å². The Bertz CT molecular complexity index is 671. The minimum absolute atomic E-state index is 0.0800. The van der Waals surface area contributed by atoms with Crippen molar-refractivity contribution >= 4 is 23.5 Å². The molecule has 0 atom stereocenters. The minimum Gasteiger partial charge on any atom is -0.482 e. The molecule has 0 unspecified atom stereocenters. The third-order valence-corrected chi connectivity index (χ3v) is 4.26. The maximum absolute atomic E-state index is 12.8. The quantitative estimate of drug-likeness (QED) is 0.694. The van der Waals surface area contributed by atoms with Crippen molar-refractivity contribution < 1.29 is 23.9 Å². The maximum Gasteiger partial charge on any atom is 0.325 e. The van der Waals surface area contributed by atoms with Gasteiger partial charge in [-0.1, -0.05) is 12.1 Å². The number of rotatable bonds is 7. The lowest BCUT2D eigenvalue weighted by molar-refractivity contribution is -0.148. The summed E-state index contributed by atoms with van der Waals surface area (Å²) >= 11 is 0. The van der Waals surface area contributed by atoms with Crippen LogP contribution in [-0.2, 0) is 19.1 Å². The molecule has 7 heteroatoms. The molecule has 0 saturated heterocycles. The van der Waals surface area contributed by atoms with E-state index in [-0.39, 0.29) is 38.1 Å². The van der Waals surface area contributed by atoms with Crippen LogP contribution in [0.2, 0.25) is 0 Å². The highest BCUT2D eigenvalue weighted by Crippen LogP contribution is 2.32. The normalized spacial score (nSPS) is 16.0. The number of esters is 1. The molecular formula is C18H22N2O5. The van der Waals surface area contributed by atoms with E-state index in [0.29, 0.717) is 23.9 Å². The highest BCUT2D eigenvalue weighted by atomic mass is 16.5. The molecule has 1 aromatic rings. The topological polar surface area (TPSA) is 76.2 Å². The van der Waals surface area contributed by atoms with E-state index in [9.17, 15) is 14.4 Å². The van der Waals surface area contributed by atoms with Crippen LogP contribution in [0, 0.1) is 5.92 Å². The summed E-state index contributed by atoms with van der Waals surface area (Å²) in [6, 6.07) is 7.11. The first-order valence-corrected chi connectivity index (χ1v) is 8.54. The summed E-state index contributed by atoms with van der Waals surface area (Å²) in [6.45, 7) is 2.26. The second-order valence-corrected chi connectivity index (χ2v) is 6.26. The zero-order valence-electron chi connectivity index (χ0n) is 14.3. The van der Waals surface area contributed by atoms with Crippen molar-refractivity contribution in [2.45, 2.75) is 19.8 Å². The predicted molar refractivity (Wildman–Crippen MR) is 90.2 cm³/mol. The molecule has 1 aliphatic carbocycles. The van der Waals surface area contributed by atoms with Crippen LogP contribution in [0.4, 0.5) is 5.69 Å². The smallest absolute Gasteiger partial charge is 0.325 e. The third kappa shape index (κ3) is 4.29. The van der Waals surface area contributed by atoms with Gasteiger partial charge in [0.05, 0.1) is 12.3 Å². The monoisotopic (exact) mass is 346 g/mol. The lowest BCUT2D eigenvalue weighted by atomic mass is 10.2. The van der Waals surface area contributed by atoms with E-state index in [4.69, 9.17) is 9.47 Å². The molecule has 25 heavy (non-hydrogen) atoms. The van der Waals surface area contributed by atoms with Crippen LogP contribution in [0.25, 0.3) is 0 Å². The van der Waals surface area contributed by atoms with E-state index in [1.165, 1.54) is 9.80 Å². The first kappa shape index (κ1) is 17.3. The SMILES string of the molecule is CCOC(=O)CN(CC1CC1)C(=O)CN1C(=O)COc2ccccc21. The van der Waals surface area contributed by atoms with Crippen molar-refractivity contribution in [2.75, 3.05) is 37.7 Å². The Morgan fingerprint density at radius 2 is 2.08 bits per heavy atom. The van der Waals surface area contributed by atoms with Crippen molar-refractivity contribution in [1.82, 2.24) is 4.90 Å². The molecule has 3 rings (SSSR count). The van der Waals surface area contributed by atoms with Crippen LogP contribution in [0.5, 0.6) is 5.75 Å². The van der Waals surface area contributed by atoms with Gasteiger partial charge in [-0.25, -0.2) is 0 Å². The Morgan fingerprint density at radius 3 is 2.80 bits per heavy atom. The molecule has 0 N–H and O–H groups in total. The molecule has 0 radical (unpaired) electrons. The Balaban J connectivity index is 1.71. The molecule has 0 spiro atoms. The fraction of sp³-hybridized carbons (Fsp3) is 0.500. The van der Waals surface area contributed by atoms with Gasteiger partial charge in [-0.05, 0) is 37.8 Å². The summed E-state index contributed by atoms with van der Waals surface area (Å²) in [7, 11) is 0. The predicted octanol–water partition coefficient (Wildman–Crippen LogP) is 1.21. The zero-order valence-corrected chi connectivity index (χ0v) is 14.3. The van der Waals surface area contributed by atoms with Crippen LogP contribution in [0.1, 0.15) is 19.8 Å². The number of anilines is 1. The Morgan fingerprint density at radius 1 is 1.32 bits per heavy atom. The van der Waals surface area contributed by atoms with Gasteiger partial charge in [0.15, 0.2) is 6.61 Å². The number of carbonyl (C=O) groups is 3. The molecule has 0 bridgehead atoms. The highest BCUT2D eigenvalue weighted by molar-refractivity contribution is 6.02. The molecule has 134 valence electrons. The standard InChI is InChI=1S/C18H22N2O5/c1-2-24-18(23)11-19(9-13-7-8-13)16(21)10-20-14-5-3-4-6-15(14)25-12-17(20)22/h3-6,13H,2,7-12H2,1H3. The number of fused-ring (bicyclic) bond motifs is 1. The van der Waals surface area contributed by atoms with E-state index in [0.717, 1.165) is 12.8 Å². The van der Waals surface area contributed by atoms with Crippen molar-refractivity contribution in [2.24, 2.45) is 5.92 Å². The average molecular weight is 346 g/mol. The molecule has 1 fully saturated rings. The fourth-order valence-electron chi connectivity index (χ4n) is 2.79. The van der Waals surface area contributed by atoms with Gasteiger partial charge in [0.2, 0.25) is 5.91 Å². The number of amides is 2. The first-order valence-electron chi connectivity index (χ1n) is 8.54. The summed E-state index contributed by atoms with van der Waals surface area (Å²) in [6.07, 6.45) is 2.12. The molecule has 1 aliphatic heterocycles. The Kier molecular flexibility index (Phi) is 5.21. The van der Waals surface area contributed by atoms with Crippen LogP contribution in [-0.4, -0.2) is 55.5 Å². The summed E-state index contributed by atoms with van der Waals surface area (Å²) in [5.41, 5.74) is 0.578. The Labute approximate surface area is 146 Å². The number of nitrogens with zero attached hydrogens (tertiary/aromatic N) is 2. The second-order valence-electron chi connectivity index (χ2n) is 6.26. The number of ether oxygens (including phenoxy) is 2. The summed E-state index contributed by atoms with van der Waals surface area (Å²) in [5, 5.41) is 0. The van der Waals surface area contributed by atoms with E-state index in [1.807, 2.05) is 6.07 Å². The number of hydrogen-bond donors (Lipinski definition) is 0. The molecular weight excluding hydrogens is 324 g/mol.